The number of benzene rings is 1. The number of hydrogen-bond donors (Lipinski definition) is 1. The molecule has 1 N–H and O–H groups in total. The molecule has 0 heterocycles. The lowest BCUT2D eigenvalue weighted by Crippen LogP contribution is -2.19. The fraction of sp³-hybridized carbons (Fsp3) is 0.333. The molecule has 0 fully saturated rings. The van der Waals surface area contributed by atoms with Crippen LogP contribution in [0.2, 0.25) is 5.02 Å². The van der Waals surface area contributed by atoms with E-state index in [1.54, 1.807) is 19.9 Å². The fourth-order valence-electron chi connectivity index (χ4n) is 1.18. The number of esters is 1. The minimum absolute atomic E-state index is 0.181. The van der Waals surface area contributed by atoms with Gasteiger partial charge in [-0.05, 0) is 18.2 Å². The molecule has 92 valence electrons. The Morgan fingerprint density at radius 2 is 2.00 bits per heavy atom. The maximum atomic E-state index is 11.6. The lowest BCUT2D eigenvalue weighted by atomic mass is 10.1. The molecule has 0 aliphatic rings. The summed E-state index contributed by atoms with van der Waals surface area (Å²) in [5.74, 6) is -0.877. The molecule has 1 aromatic carbocycles. The van der Waals surface area contributed by atoms with Crippen molar-refractivity contribution >= 4 is 29.2 Å². The normalized spacial score (nSPS) is 10.2. The number of carbonyl (C=O) groups excluding carboxylic acids is 2. The Morgan fingerprint density at radius 1 is 1.35 bits per heavy atom. The van der Waals surface area contributed by atoms with Crippen LogP contribution in [0.4, 0.5) is 5.69 Å². The van der Waals surface area contributed by atoms with E-state index >= 15 is 0 Å². The highest BCUT2D eigenvalue weighted by Crippen LogP contribution is 2.22. The van der Waals surface area contributed by atoms with E-state index in [1.807, 2.05) is 0 Å². The number of nitrogens with one attached hydrogen (secondary N) is 1. The summed E-state index contributed by atoms with van der Waals surface area (Å²) < 4.78 is 4.63. The molecule has 0 aliphatic heterocycles. The van der Waals surface area contributed by atoms with Crippen LogP contribution in [0.5, 0.6) is 0 Å². The summed E-state index contributed by atoms with van der Waals surface area (Å²) in [5, 5.41) is 3.08. The average molecular weight is 256 g/mol. The molecule has 1 amide bonds. The highest BCUT2D eigenvalue weighted by atomic mass is 35.5. The molecule has 4 nitrogen and oxygen atoms in total. The van der Waals surface area contributed by atoms with Gasteiger partial charge in [-0.3, -0.25) is 4.79 Å². The SMILES string of the molecule is COC(=O)c1ccc(Cl)cc1NC(=O)C(C)C. The molecule has 0 saturated heterocycles. The van der Waals surface area contributed by atoms with E-state index in [2.05, 4.69) is 10.1 Å². The van der Waals surface area contributed by atoms with Crippen LogP contribution in [-0.2, 0) is 9.53 Å². The molecule has 0 spiro atoms. The van der Waals surface area contributed by atoms with Gasteiger partial charge >= 0.3 is 5.97 Å². The zero-order chi connectivity index (χ0) is 13.0. The molecule has 5 heteroatoms. The van der Waals surface area contributed by atoms with Crippen LogP contribution >= 0.6 is 11.6 Å². The molecular weight excluding hydrogens is 242 g/mol. The second-order valence-corrected chi connectivity index (χ2v) is 4.26. The third-order valence-corrected chi connectivity index (χ3v) is 2.40. The first kappa shape index (κ1) is 13.5. The third kappa shape index (κ3) is 3.46. The van der Waals surface area contributed by atoms with Crippen molar-refractivity contribution in [3.8, 4) is 0 Å². The molecule has 1 aromatic rings. The molecule has 1 rings (SSSR count). The van der Waals surface area contributed by atoms with E-state index in [0.29, 0.717) is 10.7 Å². The summed E-state index contributed by atoms with van der Waals surface area (Å²) in [5.41, 5.74) is 0.647. The number of ether oxygens (including phenoxy) is 1. The molecule has 0 radical (unpaired) electrons. The number of hydrogen-bond acceptors (Lipinski definition) is 3. The van der Waals surface area contributed by atoms with Crippen LogP contribution in [0.25, 0.3) is 0 Å². The molecule has 0 aliphatic carbocycles. The number of halogens is 1. The number of amides is 1. The third-order valence-electron chi connectivity index (χ3n) is 2.17. The first-order valence-corrected chi connectivity index (χ1v) is 5.52. The van der Waals surface area contributed by atoms with Gasteiger partial charge in [0.25, 0.3) is 0 Å². The maximum absolute atomic E-state index is 11.6. The smallest absolute Gasteiger partial charge is 0.339 e. The summed E-state index contributed by atoms with van der Waals surface area (Å²) in [7, 11) is 1.28. The predicted octanol–water partition coefficient (Wildman–Crippen LogP) is 2.72. The van der Waals surface area contributed by atoms with Crippen molar-refractivity contribution in [1.82, 2.24) is 0 Å². The van der Waals surface area contributed by atoms with Crippen molar-refractivity contribution in [3.05, 3.63) is 28.8 Å². The van der Waals surface area contributed by atoms with Crippen molar-refractivity contribution in [2.45, 2.75) is 13.8 Å². The Hall–Kier alpha value is -1.55. The monoisotopic (exact) mass is 255 g/mol. The highest BCUT2D eigenvalue weighted by molar-refractivity contribution is 6.31. The van der Waals surface area contributed by atoms with Crippen LogP contribution in [0.15, 0.2) is 18.2 Å². The Labute approximate surface area is 105 Å². The minimum atomic E-state index is -0.513. The van der Waals surface area contributed by atoms with Crippen molar-refractivity contribution in [2.24, 2.45) is 5.92 Å². The second-order valence-electron chi connectivity index (χ2n) is 3.83. The van der Waals surface area contributed by atoms with Gasteiger partial charge in [0.2, 0.25) is 5.91 Å². The van der Waals surface area contributed by atoms with Crippen molar-refractivity contribution in [3.63, 3.8) is 0 Å². The Balaban J connectivity index is 3.07. The molecule has 17 heavy (non-hydrogen) atoms. The average Bonchev–Trinajstić information content (AvgIpc) is 2.28. The zero-order valence-electron chi connectivity index (χ0n) is 9.91. The number of carbonyl (C=O) groups is 2. The molecule has 0 unspecified atom stereocenters. The molecule has 0 aromatic heterocycles. The quantitative estimate of drug-likeness (QED) is 0.845. The first-order chi connectivity index (χ1) is 7.95. The summed E-state index contributed by atoms with van der Waals surface area (Å²) in [6.45, 7) is 3.52. The lowest BCUT2D eigenvalue weighted by Gasteiger charge is -2.11. The van der Waals surface area contributed by atoms with Crippen LogP contribution in [0, 0.1) is 5.92 Å². The number of methoxy groups -OCH3 is 1. The van der Waals surface area contributed by atoms with Gasteiger partial charge in [-0.15, -0.1) is 0 Å². The van der Waals surface area contributed by atoms with Crippen LogP contribution in [0.1, 0.15) is 24.2 Å². The summed E-state index contributed by atoms with van der Waals surface area (Å²) >= 11 is 5.82. The largest absolute Gasteiger partial charge is 0.465 e. The number of anilines is 1. The second kappa shape index (κ2) is 5.68. The van der Waals surface area contributed by atoms with Gasteiger partial charge in [0.1, 0.15) is 0 Å². The lowest BCUT2D eigenvalue weighted by molar-refractivity contribution is -0.118. The standard InChI is InChI=1S/C12H14ClNO3/c1-7(2)11(15)14-10-6-8(13)4-5-9(10)12(16)17-3/h4-7H,1-3H3,(H,14,15). The van der Waals surface area contributed by atoms with Gasteiger partial charge in [0, 0.05) is 10.9 Å². The van der Waals surface area contributed by atoms with Gasteiger partial charge in [0.15, 0.2) is 0 Å². The van der Waals surface area contributed by atoms with E-state index in [4.69, 9.17) is 11.6 Å². The summed E-state index contributed by atoms with van der Waals surface area (Å²) in [6, 6.07) is 4.61. The Bertz CT molecular complexity index is 443. The maximum Gasteiger partial charge on any atom is 0.339 e. The van der Waals surface area contributed by atoms with Crippen LogP contribution < -0.4 is 5.32 Å². The van der Waals surface area contributed by atoms with Crippen molar-refractivity contribution < 1.29 is 14.3 Å². The van der Waals surface area contributed by atoms with Gasteiger partial charge < -0.3 is 10.1 Å². The zero-order valence-corrected chi connectivity index (χ0v) is 10.7. The van der Waals surface area contributed by atoms with E-state index in [0.717, 1.165) is 0 Å². The van der Waals surface area contributed by atoms with Crippen LogP contribution in [0.3, 0.4) is 0 Å². The fourth-order valence-corrected chi connectivity index (χ4v) is 1.36. The molecule has 0 atom stereocenters. The van der Waals surface area contributed by atoms with Gasteiger partial charge in [0.05, 0.1) is 18.4 Å². The van der Waals surface area contributed by atoms with E-state index in [-0.39, 0.29) is 17.4 Å². The predicted molar refractivity (Wildman–Crippen MR) is 66.3 cm³/mol. The Kier molecular flexibility index (Phi) is 4.52. The van der Waals surface area contributed by atoms with E-state index in [9.17, 15) is 9.59 Å². The number of rotatable bonds is 3. The van der Waals surface area contributed by atoms with Gasteiger partial charge in [-0.25, -0.2) is 4.79 Å². The summed E-state index contributed by atoms with van der Waals surface area (Å²) in [6.07, 6.45) is 0. The van der Waals surface area contributed by atoms with Crippen LogP contribution in [-0.4, -0.2) is 19.0 Å². The molecular formula is C12H14ClNO3. The van der Waals surface area contributed by atoms with Crippen molar-refractivity contribution in [1.29, 1.82) is 0 Å². The topological polar surface area (TPSA) is 55.4 Å². The van der Waals surface area contributed by atoms with Crippen molar-refractivity contribution in [2.75, 3.05) is 12.4 Å². The molecule has 0 saturated carbocycles. The summed E-state index contributed by atoms with van der Waals surface area (Å²) in [4.78, 5) is 23.1. The van der Waals surface area contributed by atoms with E-state index in [1.165, 1.54) is 19.2 Å². The minimum Gasteiger partial charge on any atom is -0.465 e. The van der Waals surface area contributed by atoms with Gasteiger partial charge in [-0.1, -0.05) is 25.4 Å². The molecule has 0 bridgehead atoms. The first-order valence-electron chi connectivity index (χ1n) is 5.14. The van der Waals surface area contributed by atoms with E-state index < -0.39 is 5.97 Å². The van der Waals surface area contributed by atoms with Gasteiger partial charge in [-0.2, -0.15) is 0 Å². The highest BCUT2D eigenvalue weighted by Gasteiger charge is 2.15. The Morgan fingerprint density at radius 3 is 2.53 bits per heavy atom.